The number of fused-ring (bicyclic) bond motifs is 1. The Bertz CT molecular complexity index is 477. The van der Waals surface area contributed by atoms with Gasteiger partial charge in [-0.2, -0.15) is 0 Å². The van der Waals surface area contributed by atoms with Crippen molar-refractivity contribution >= 4 is 11.0 Å². The number of benzene rings is 1. The van der Waals surface area contributed by atoms with Crippen LogP contribution in [0.15, 0.2) is 28.9 Å². The standard InChI is InChI=1S/C13H17NO/c1-13(2,3)10-8-15-11-6-4-5-9(7-14)12(10)11/h4-6,8H,7,14H2,1-3H3. The van der Waals surface area contributed by atoms with E-state index in [1.54, 1.807) is 0 Å². The minimum absolute atomic E-state index is 0.0938. The van der Waals surface area contributed by atoms with Crippen molar-refractivity contribution in [3.05, 3.63) is 35.6 Å². The molecule has 1 aromatic carbocycles. The molecule has 0 radical (unpaired) electrons. The Kier molecular flexibility index (Phi) is 2.31. The Labute approximate surface area is 90.1 Å². The van der Waals surface area contributed by atoms with Crippen LogP contribution in [-0.2, 0) is 12.0 Å². The molecule has 0 saturated heterocycles. The molecular formula is C13H17NO. The summed E-state index contributed by atoms with van der Waals surface area (Å²) in [6.45, 7) is 7.11. The van der Waals surface area contributed by atoms with Crippen LogP contribution in [0.1, 0.15) is 31.9 Å². The minimum atomic E-state index is 0.0938. The lowest BCUT2D eigenvalue weighted by molar-refractivity contribution is 0.557. The van der Waals surface area contributed by atoms with Crippen molar-refractivity contribution in [3.63, 3.8) is 0 Å². The molecule has 0 bridgehead atoms. The lowest BCUT2D eigenvalue weighted by Crippen LogP contribution is -2.11. The summed E-state index contributed by atoms with van der Waals surface area (Å²) in [5.74, 6) is 0. The highest BCUT2D eigenvalue weighted by Crippen LogP contribution is 2.33. The molecule has 0 unspecified atom stereocenters. The van der Waals surface area contributed by atoms with E-state index in [-0.39, 0.29) is 5.41 Å². The van der Waals surface area contributed by atoms with Gasteiger partial charge in [0, 0.05) is 17.5 Å². The first-order valence-electron chi connectivity index (χ1n) is 5.23. The maximum atomic E-state index is 5.75. The highest BCUT2D eigenvalue weighted by Gasteiger charge is 2.20. The predicted octanol–water partition coefficient (Wildman–Crippen LogP) is 3.19. The molecule has 80 valence electrons. The topological polar surface area (TPSA) is 39.2 Å². The van der Waals surface area contributed by atoms with Crippen molar-refractivity contribution in [2.45, 2.75) is 32.7 Å². The van der Waals surface area contributed by atoms with Gasteiger partial charge in [0.05, 0.1) is 6.26 Å². The van der Waals surface area contributed by atoms with Gasteiger partial charge in [-0.3, -0.25) is 0 Å². The number of hydrogen-bond acceptors (Lipinski definition) is 2. The van der Waals surface area contributed by atoms with Crippen LogP contribution in [0.5, 0.6) is 0 Å². The zero-order chi connectivity index (χ0) is 11.1. The second-order valence-electron chi connectivity index (χ2n) is 4.89. The third kappa shape index (κ3) is 1.65. The van der Waals surface area contributed by atoms with E-state index in [9.17, 15) is 0 Å². The van der Waals surface area contributed by atoms with E-state index < -0.39 is 0 Å². The van der Waals surface area contributed by atoms with Gasteiger partial charge in [-0.15, -0.1) is 0 Å². The molecule has 1 aromatic heterocycles. The zero-order valence-electron chi connectivity index (χ0n) is 9.50. The average Bonchev–Trinajstić information content (AvgIpc) is 2.59. The SMILES string of the molecule is CC(C)(C)c1coc2cccc(CN)c12. The first-order chi connectivity index (χ1) is 7.04. The predicted molar refractivity (Wildman–Crippen MR) is 62.8 cm³/mol. The van der Waals surface area contributed by atoms with Crippen LogP contribution in [0.4, 0.5) is 0 Å². The van der Waals surface area contributed by atoms with E-state index in [2.05, 4.69) is 26.8 Å². The molecule has 1 heterocycles. The highest BCUT2D eigenvalue weighted by molar-refractivity contribution is 5.85. The fourth-order valence-corrected chi connectivity index (χ4v) is 1.88. The van der Waals surface area contributed by atoms with Crippen LogP contribution in [0.2, 0.25) is 0 Å². The van der Waals surface area contributed by atoms with Crippen LogP contribution in [0.25, 0.3) is 11.0 Å². The van der Waals surface area contributed by atoms with Crippen molar-refractivity contribution in [2.24, 2.45) is 5.73 Å². The van der Waals surface area contributed by atoms with E-state index in [0.29, 0.717) is 6.54 Å². The van der Waals surface area contributed by atoms with Gasteiger partial charge < -0.3 is 10.2 Å². The van der Waals surface area contributed by atoms with Crippen molar-refractivity contribution in [3.8, 4) is 0 Å². The fraction of sp³-hybridized carbons (Fsp3) is 0.385. The zero-order valence-corrected chi connectivity index (χ0v) is 9.50. The smallest absolute Gasteiger partial charge is 0.134 e. The third-order valence-corrected chi connectivity index (χ3v) is 2.71. The van der Waals surface area contributed by atoms with Gasteiger partial charge in [0.25, 0.3) is 0 Å². The summed E-state index contributed by atoms with van der Waals surface area (Å²) in [5.41, 5.74) is 9.17. The second-order valence-corrected chi connectivity index (χ2v) is 4.89. The van der Waals surface area contributed by atoms with E-state index in [0.717, 1.165) is 11.1 Å². The first kappa shape index (κ1) is 10.2. The van der Waals surface area contributed by atoms with E-state index in [1.165, 1.54) is 10.9 Å². The molecule has 0 aliphatic rings. The van der Waals surface area contributed by atoms with Crippen molar-refractivity contribution in [2.75, 3.05) is 0 Å². The Balaban J connectivity index is 2.77. The maximum absolute atomic E-state index is 5.75. The molecule has 0 aliphatic carbocycles. The first-order valence-corrected chi connectivity index (χ1v) is 5.23. The van der Waals surface area contributed by atoms with Crippen molar-refractivity contribution in [1.82, 2.24) is 0 Å². The number of hydrogen-bond donors (Lipinski definition) is 1. The molecule has 0 spiro atoms. The molecular weight excluding hydrogens is 186 g/mol. The van der Waals surface area contributed by atoms with Gasteiger partial charge in [-0.25, -0.2) is 0 Å². The fourth-order valence-electron chi connectivity index (χ4n) is 1.88. The quantitative estimate of drug-likeness (QED) is 0.773. The number of furan rings is 1. The lowest BCUT2D eigenvalue weighted by Gasteiger charge is -2.17. The third-order valence-electron chi connectivity index (χ3n) is 2.71. The number of nitrogens with two attached hydrogens (primary N) is 1. The lowest BCUT2D eigenvalue weighted by atomic mass is 9.85. The largest absolute Gasteiger partial charge is 0.464 e. The van der Waals surface area contributed by atoms with E-state index in [4.69, 9.17) is 10.2 Å². The van der Waals surface area contributed by atoms with Gasteiger partial charge in [0.15, 0.2) is 0 Å². The normalized spacial score (nSPS) is 12.3. The monoisotopic (exact) mass is 203 g/mol. The Morgan fingerprint density at radius 3 is 2.60 bits per heavy atom. The molecule has 2 nitrogen and oxygen atoms in total. The maximum Gasteiger partial charge on any atom is 0.134 e. The molecule has 15 heavy (non-hydrogen) atoms. The molecule has 0 amide bonds. The summed E-state index contributed by atoms with van der Waals surface area (Å²) in [6.07, 6.45) is 1.85. The van der Waals surface area contributed by atoms with Gasteiger partial charge in [-0.05, 0) is 17.0 Å². The molecule has 0 fully saturated rings. The molecule has 2 heteroatoms. The average molecular weight is 203 g/mol. The van der Waals surface area contributed by atoms with Crippen LogP contribution < -0.4 is 5.73 Å². The molecule has 2 rings (SSSR count). The molecule has 2 aromatic rings. The van der Waals surface area contributed by atoms with Crippen LogP contribution >= 0.6 is 0 Å². The van der Waals surface area contributed by atoms with Gasteiger partial charge in [-0.1, -0.05) is 32.9 Å². The summed E-state index contributed by atoms with van der Waals surface area (Å²) in [4.78, 5) is 0. The van der Waals surface area contributed by atoms with Crippen LogP contribution in [-0.4, -0.2) is 0 Å². The minimum Gasteiger partial charge on any atom is -0.464 e. The molecule has 0 saturated carbocycles. The number of rotatable bonds is 1. The summed E-state index contributed by atoms with van der Waals surface area (Å²) < 4.78 is 5.56. The molecule has 2 N–H and O–H groups in total. The van der Waals surface area contributed by atoms with Crippen LogP contribution in [0.3, 0.4) is 0 Å². The Morgan fingerprint density at radius 1 is 1.27 bits per heavy atom. The van der Waals surface area contributed by atoms with Gasteiger partial charge in [0.2, 0.25) is 0 Å². The summed E-state index contributed by atoms with van der Waals surface area (Å²) >= 11 is 0. The van der Waals surface area contributed by atoms with E-state index >= 15 is 0 Å². The molecule has 0 atom stereocenters. The van der Waals surface area contributed by atoms with E-state index in [1.807, 2.05) is 18.4 Å². The summed E-state index contributed by atoms with van der Waals surface area (Å²) in [7, 11) is 0. The van der Waals surface area contributed by atoms with Crippen molar-refractivity contribution < 1.29 is 4.42 Å². The molecule has 0 aliphatic heterocycles. The highest BCUT2D eigenvalue weighted by atomic mass is 16.3. The Hall–Kier alpha value is -1.28. The van der Waals surface area contributed by atoms with Gasteiger partial charge >= 0.3 is 0 Å². The van der Waals surface area contributed by atoms with Crippen LogP contribution in [0, 0.1) is 0 Å². The summed E-state index contributed by atoms with van der Waals surface area (Å²) in [6, 6.07) is 6.04. The Morgan fingerprint density at radius 2 is 2.00 bits per heavy atom. The second kappa shape index (κ2) is 3.38. The summed E-state index contributed by atoms with van der Waals surface area (Å²) in [5, 5.41) is 1.19. The van der Waals surface area contributed by atoms with Gasteiger partial charge in [0.1, 0.15) is 5.58 Å². The van der Waals surface area contributed by atoms with Crippen molar-refractivity contribution in [1.29, 1.82) is 0 Å².